The van der Waals surface area contributed by atoms with E-state index in [9.17, 15) is 14.4 Å². The Morgan fingerprint density at radius 2 is 2.04 bits per heavy atom. The zero-order valence-electron chi connectivity index (χ0n) is 14.1. The van der Waals surface area contributed by atoms with Crippen molar-refractivity contribution in [2.24, 2.45) is 14.1 Å². The highest BCUT2D eigenvalue weighted by molar-refractivity contribution is 7.09. The van der Waals surface area contributed by atoms with Crippen LogP contribution in [0.25, 0.3) is 11.2 Å². The summed E-state index contributed by atoms with van der Waals surface area (Å²) in [6.45, 7) is 2.59. The summed E-state index contributed by atoms with van der Waals surface area (Å²) in [7, 11) is 2.98. The quantitative estimate of drug-likeness (QED) is 0.683. The van der Waals surface area contributed by atoms with Crippen LogP contribution >= 0.6 is 11.3 Å². The van der Waals surface area contributed by atoms with Crippen molar-refractivity contribution in [1.82, 2.24) is 29.0 Å². The van der Waals surface area contributed by atoms with E-state index in [0.717, 1.165) is 15.3 Å². The molecule has 0 unspecified atom stereocenters. The van der Waals surface area contributed by atoms with Gasteiger partial charge in [0.1, 0.15) is 5.01 Å². The van der Waals surface area contributed by atoms with Gasteiger partial charge in [-0.25, -0.2) is 14.8 Å². The number of fused-ring (bicyclic) bond motifs is 1. The minimum Gasteiger partial charge on any atom is -0.350 e. The Hall–Kier alpha value is -2.75. The van der Waals surface area contributed by atoms with Crippen LogP contribution in [0.15, 0.2) is 21.3 Å². The Labute approximate surface area is 146 Å². The normalized spacial score (nSPS) is 11.2. The van der Waals surface area contributed by atoms with E-state index in [1.165, 1.54) is 29.3 Å². The van der Waals surface area contributed by atoms with E-state index in [1.54, 1.807) is 11.6 Å². The van der Waals surface area contributed by atoms with E-state index in [2.05, 4.69) is 15.3 Å². The molecule has 132 valence electrons. The first-order valence-corrected chi connectivity index (χ1v) is 8.55. The topological polar surface area (TPSA) is 104 Å². The van der Waals surface area contributed by atoms with Gasteiger partial charge in [-0.05, 0) is 6.92 Å². The molecule has 0 aliphatic rings. The van der Waals surface area contributed by atoms with Crippen molar-refractivity contribution in [3.8, 4) is 0 Å². The number of rotatable bonds is 5. The zero-order valence-corrected chi connectivity index (χ0v) is 15.0. The molecule has 0 atom stereocenters. The highest BCUT2D eigenvalue weighted by atomic mass is 32.1. The molecule has 0 aromatic carbocycles. The molecule has 0 aliphatic heterocycles. The summed E-state index contributed by atoms with van der Waals surface area (Å²) in [5.41, 5.74) is 0.703. The van der Waals surface area contributed by atoms with Crippen molar-refractivity contribution < 1.29 is 4.79 Å². The molecule has 25 heavy (non-hydrogen) atoms. The maximum Gasteiger partial charge on any atom is 0.332 e. The van der Waals surface area contributed by atoms with Crippen LogP contribution in [0.1, 0.15) is 17.1 Å². The summed E-state index contributed by atoms with van der Waals surface area (Å²) < 4.78 is 3.95. The Balaban J connectivity index is 1.72. The molecule has 3 heterocycles. The first-order chi connectivity index (χ1) is 11.9. The van der Waals surface area contributed by atoms with Gasteiger partial charge in [-0.2, -0.15) is 0 Å². The van der Waals surface area contributed by atoms with Gasteiger partial charge >= 0.3 is 5.69 Å². The standard InChI is InChI=1S/C15H18N6O3S/c1-9-7-25-11(18-9)6-16-10(22)4-5-21-8-17-13-12(21)14(23)20(3)15(24)19(13)2/h7-8H,4-6H2,1-3H3,(H,16,22). The Morgan fingerprint density at radius 1 is 1.28 bits per heavy atom. The minimum absolute atomic E-state index is 0.142. The molecule has 0 aliphatic carbocycles. The third-order valence-electron chi connectivity index (χ3n) is 3.90. The summed E-state index contributed by atoms with van der Waals surface area (Å²) in [5.74, 6) is -0.142. The largest absolute Gasteiger partial charge is 0.350 e. The second-order valence-corrected chi connectivity index (χ2v) is 6.67. The second-order valence-electron chi connectivity index (χ2n) is 5.73. The Bertz CT molecular complexity index is 1060. The van der Waals surface area contributed by atoms with Crippen LogP contribution in [0, 0.1) is 6.92 Å². The molecule has 9 nitrogen and oxygen atoms in total. The molecule has 0 bridgehead atoms. The van der Waals surface area contributed by atoms with Crippen molar-refractivity contribution in [2.75, 3.05) is 0 Å². The SMILES string of the molecule is Cc1csc(CNC(=O)CCn2cnc3c2c(=O)n(C)c(=O)n3C)n1. The highest BCUT2D eigenvalue weighted by Crippen LogP contribution is 2.09. The van der Waals surface area contributed by atoms with Gasteiger partial charge in [0, 0.05) is 38.1 Å². The lowest BCUT2D eigenvalue weighted by Gasteiger charge is -2.07. The number of aryl methyl sites for hydroxylation is 3. The lowest BCUT2D eigenvalue weighted by molar-refractivity contribution is -0.121. The minimum atomic E-state index is -0.431. The average Bonchev–Trinajstić information content (AvgIpc) is 3.20. The number of imidazole rings is 1. The molecule has 0 radical (unpaired) electrons. The van der Waals surface area contributed by atoms with Crippen molar-refractivity contribution in [3.05, 3.63) is 43.2 Å². The van der Waals surface area contributed by atoms with Gasteiger partial charge in [-0.3, -0.25) is 18.7 Å². The third kappa shape index (κ3) is 3.25. The number of aromatic nitrogens is 5. The molecule has 3 aromatic rings. The van der Waals surface area contributed by atoms with E-state index in [4.69, 9.17) is 0 Å². The molecule has 1 N–H and O–H groups in total. The van der Waals surface area contributed by atoms with Gasteiger partial charge in [-0.1, -0.05) is 0 Å². The number of hydrogen-bond acceptors (Lipinski definition) is 6. The number of carbonyl (C=O) groups is 1. The lowest BCUT2D eigenvalue weighted by Crippen LogP contribution is -2.37. The number of carbonyl (C=O) groups excluding carboxylic acids is 1. The second kappa shape index (κ2) is 6.63. The summed E-state index contributed by atoms with van der Waals surface area (Å²) >= 11 is 1.50. The van der Waals surface area contributed by atoms with Crippen LogP contribution in [0.2, 0.25) is 0 Å². The fourth-order valence-electron chi connectivity index (χ4n) is 2.53. The van der Waals surface area contributed by atoms with Crippen molar-refractivity contribution >= 4 is 28.4 Å². The highest BCUT2D eigenvalue weighted by Gasteiger charge is 2.14. The molecule has 3 rings (SSSR count). The van der Waals surface area contributed by atoms with Crippen molar-refractivity contribution in [2.45, 2.75) is 26.4 Å². The predicted molar refractivity (Wildman–Crippen MR) is 93.5 cm³/mol. The Kier molecular flexibility index (Phi) is 4.53. The summed E-state index contributed by atoms with van der Waals surface area (Å²) in [6, 6.07) is 0. The number of hydrogen-bond donors (Lipinski definition) is 1. The Morgan fingerprint density at radius 3 is 2.72 bits per heavy atom. The molecular formula is C15H18N6O3S. The molecule has 10 heteroatoms. The van der Waals surface area contributed by atoms with Crippen LogP contribution in [-0.4, -0.2) is 29.6 Å². The van der Waals surface area contributed by atoms with Crippen LogP contribution in [0.4, 0.5) is 0 Å². The smallest absolute Gasteiger partial charge is 0.332 e. The van der Waals surface area contributed by atoms with E-state index < -0.39 is 11.2 Å². The summed E-state index contributed by atoms with van der Waals surface area (Å²) in [4.78, 5) is 44.7. The number of nitrogens with zero attached hydrogens (tertiary/aromatic N) is 5. The fourth-order valence-corrected chi connectivity index (χ4v) is 3.25. The van der Waals surface area contributed by atoms with E-state index >= 15 is 0 Å². The summed E-state index contributed by atoms with van der Waals surface area (Å²) in [5, 5.41) is 5.59. The van der Waals surface area contributed by atoms with Crippen LogP contribution in [0.5, 0.6) is 0 Å². The number of thiazole rings is 1. The molecule has 0 spiro atoms. The first kappa shape index (κ1) is 17.1. The lowest BCUT2D eigenvalue weighted by atomic mass is 10.3. The summed E-state index contributed by atoms with van der Waals surface area (Å²) in [6.07, 6.45) is 1.67. The van der Waals surface area contributed by atoms with E-state index in [-0.39, 0.29) is 12.3 Å². The van der Waals surface area contributed by atoms with Gasteiger partial charge in [0.25, 0.3) is 5.56 Å². The molecule has 3 aromatic heterocycles. The third-order valence-corrected chi connectivity index (χ3v) is 4.87. The van der Waals surface area contributed by atoms with Gasteiger partial charge in [0.05, 0.1) is 12.9 Å². The van der Waals surface area contributed by atoms with Crippen LogP contribution in [-0.2, 0) is 32.0 Å². The van der Waals surface area contributed by atoms with Gasteiger partial charge in [0.15, 0.2) is 11.2 Å². The maximum atomic E-state index is 12.3. The first-order valence-electron chi connectivity index (χ1n) is 7.67. The van der Waals surface area contributed by atoms with Gasteiger partial charge in [-0.15, -0.1) is 11.3 Å². The van der Waals surface area contributed by atoms with Crippen molar-refractivity contribution in [1.29, 1.82) is 0 Å². The number of nitrogens with one attached hydrogen (secondary N) is 1. The molecule has 0 saturated carbocycles. The number of amides is 1. The molecular weight excluding hydrogens is 344 g/mol. The molecule has 0 saturated heterocycles. The monoisotopic (exact) mass is 362 g/mol. The maximum absolute atomic E-state index is 12.3. The fraction of sp³-hybridized carbons (Fsp3) is 0.400. The molecule has 0 fully saturated rings. The van der Waals surface area contributed by atoms with Crippen molar-refractivity contribution in [3.63, 3.8) is 0 Å². The van der Waals surface area contributed by atoms with E-state index in [1.807, 2.05) is 12.3 Å². The van der Waals surface area contributed by atoms with Crippen LogP contribution in [0.3, 0.4) is 0 Å². The average molecular weight is 362 g/mol. The van der Waals surface area contributed by atoms with Gasteiger partial charge < -0.3 is 9.88 Å². The molecule has 1 amide bonds. The van der Waals surface area contributed by atoms with Crippen LogP contribution < -0.4 is 16.6 Å². The predicted octanol–water partition coefficient (Wildman–Crippen LogP) is -0.0949. The van der Waals surface area contributed by atoms with Gasteiger partial charge in [0.2, 0.25) is 5.91 Å². The van der Waals surface area contributed by atoms with E-state index in [0.29, 0.717) is 24.3 Å². The zero-order chi connectivity index (χ0) is 18.1.